The molecule has 18 heavy (non-hydrogen) atoms. The van der Waals surface area contributed by atoms with Gasteiger partial charge in [-0.15, -0.1) is 0 Å². The van der Waals surface area contributed by atoms with Gasteiger partial charge in [0.05, 0.1) is 5.69 Å². The standard InChI is InChI=1S/C13H12N2O2S/c1-8-6-10(15-13(18)14-8)9-2-3-11-12(7-9)17-5-4-16-11/h2-3,6-7H,4-5H2,1H3,(H,14,15,18). The van der Waals surface area contributed by atoms with Gasteiger partial charge in [0.15, 0.2) is 16.3 Å². The first-order valence-electron chi connectivity index (χ1n) is 5.70. The van der Waals surface area contributed by atoms with E-state index in [0.29, 0.717) is 18.0 Å². The molecule has 0 fully saturated rings. The van der Waals surface area contributed by atoms with Crippen molar-refractivity contribution in [3.63, 3.8) is 0 Å². The highest BCUT2D eigenvalue weighted by Crippen LogP contribution is 2.33. The highest BCUT2D eigenvalue weighted by Gasteiger charge is 2.12. The Morgan fingerprint density at radius 2 is 1.94 bits per heavy atom. The van der Waals surface area contributed by atoms with Crippen molar-refractivity contribution in [2.24, 2.45) is 0 Å². The van der Waals surface area contributed by atoms with Crippen LogP contribution in [0.3, 0.4) is 0 Å². The summed E-state index contributed by atoms with van der Waals surface area (Å²) in [6, 6.07) is 7.76. The van der Waals surface area contributed by atoms with Gasteiger partial charge in [-0.3, -0.25) is 0 Å². The number of aryl methyl sites for hydroxylation is 1. The molecule has 2 heterocycles. The zero-order valence-electron chi connectivity index (χ0n) is 9.90. The molecule has 5 heteroatoms. The number of hydrogen-bond acceptors (Lipinski definition) is 4. The van der Waals surface area contributed by atoms with Crippen molar-refractivity contribution in [1.82, 2.24) is 9.97 Å². The fraction of sp³-hybridized carbons (Fsp3) is 0.231. The van der Waals surface area contributed by atoms with Crippen molar-refractivity contribution >= 4 is 12.2 Å². The van der Waals surface area contributed by atoms with Crippen LogP contribution in [0.4, 0.5) is 0 Å². The van der Waals surface area contributed by atoms with Gasteiger partial charge in [0, 0.05) is 11.3 Å². The van der Waals surface area contributed by atoms with Gasteiger partial charge in [-0.25, -0.2) is 4.98 Å². The van der Waals surface area contributed by atoms with E-state index in [0.717, 1.165) is 28.5 Å². The Morgan fingerprint density at radius 1 is 1.17 bits per heavy atom. The first kappa shape index (κ1) is 11.2. The van der Waals surface area contributed by atoms with E-state index in [1.165, 1.54) is 0 Å². The Bertz CT molecular complexity index is 652. The van der Waals surface area contributed by atoms with Crippen LogP contribution in [-0.4, -0.2) is 23.2 Å². The normalized spacial score (nSPS) is 13.4. The molecule has 0 unspecified atom stereocenters. The molecule has 0 aliphatic carbocycles. The minimum Gasteiger partial charge on any atom is -0.486 e. The van der Waals surface area contributed by atoms with Crippen LogP contribution in [-0.2, 0) is 0 Å². The Hall–Kier alpha value is -1.88. The highest BCUT2D eigenvalue weighted by molar-refractivity contribution is 7.71. The Balaban J connectivity index is 2.08. The second-order valence-corrected chi connectivity index (χ2v) is 4.50. The van der Waals surface area contributed by atoms with Crippen molar-refractivity contribution in [3.05, 3.63) is 34.7 Å². The fourth-order valence-electron chi connectivity index (χ4n) is 1.93. The van der Waals surface area contributed by atoms with Crippen molar-refractivity contribution in [2.45, 2.75) is 6.92 Å². The molecular weight excluding hydrogens is 248 g/mol. The smallest absolute Gasteiger partial charge is 0.197 e. The molecule has 0 saturated heterocycles. The molecule has 3 rings (SSSR count). The van der Waals surface area contributed by atoms with Crippen LogP contribution < -0.4 is 9.47 Å². The molecule has 0 atom stereocenters. The molecule has 4 nitrogen and oxygen atoms in total. The molecule has 0 bridgehead atoms. The molecule has 0 amide bonds. The molecule has 1 aliphatic rings. The monoisotopic (exact) mass is 260 g/mol. The van der Waals surface area contributed by atoms with E-state index in [1.54, 1.807) is 0 Å². The number of aromatic nitrogens is 2. The lowest BCUT2D eigenvalue weighted by Crippen LogP contribution is -2.15. The van der Waals surface area contributed by atoms with Crippen molar-refractivity contribution in [2.75, 3.05) is 13.2 Å². The molecule has 1 N–H and O–H groups in total. The number of nitrogens with one attached hydrogen (secondary N) is 1. The molecule has 1 aromatic heterocycles. The maximum atomic E-state index is 5.56. The van der Waals surface area contributed by atoms with Crippen molar-refractivity contribution < 1.29 is 9.47 Å². The van der Waals surface area contributed by atoms with Gasteiger partial charge >= 0.3 is 0 Å². The molecule has 1 aromatic carbocycles. The molecule has 0 spiro atoms. The molecule has 92 valence electrons. The van der Waals surface area contributed by atoms with Gasteiger partial charge in [0.1, 0.15) is 13.2 Å². The van der Waals surface area contributed by atoms with Gasteiger partial charge in [-0.1, -0.05) is 0 Å². The number of benzene rings is 1. The summed E-state index contributed by atoms with van der Waals surface area (Å²) >= 11 is 5.09. The minimum absolute atomic E-state index is 0.486. The van der Waals surface area contributed by atoms with E-state index in [9.17, 15) is 0 Å². The minimum atomic E-state index is 0.486. The van der Waals surface area contributed by atoms with E-state index in [4.69, 9.17) is 21.7 Å². The van der Waals surface area contributed by atoms with Crippen LogP contribution in [0.2, 0.25) is 0 Å². The maximum Gasteiger partial charge on any atom is 0.197 e. The van der Waals surface area contributed by atoms with Gasteiger partial charge in [-0.05, 0) is 43.4 Å². The topological polar surface area (TPSA) is 47.1 Å². The van der Waals surface area contributed by atoms with Crippen LogP contribution in [0.15, 0.2) is 24.3 Å². The predicted octanol–water partition coefficient (Wildman–Crippen LogP) is 2.89. The van der Waals surface area contributed by atoms with Crippen molar-refractivity contribution in [1.29, 1.82) is 0 Å². The Labute approximate surface area is 110 Å². The highest BCUT2D eigenvalue weighted by atomic mass is 32.1. The third kappa shape index (κ3) is 2.09. The van der Waals surface area contributed by atoms with Crippen LogP contribution in [0.5, 0.6) is 11.5 Å². The van der Waals surface area contributed by atoms with Crippen LogP contribution in [0.1, 0.15) is 5.69 Å². The summed E-state index contributed by atoms with van der Waals surface area (Å²) in [5.74, 6) is 1.54. The third-order valence-electron chi connectivity index (χ3n) is 2.72. The van der Waals surface area contributed by atoms with Crippen LogP contribution in [0.25, 0.3) is 11.3 Å². The number of H-pyrrole nitrogens is 1. The molecule has 1 aliphatic heterocycles. The van der Waals surface area contributed by atoms with E-state index in [2.05, 4.69) is 9.97 Å². The average molecular weight is 260 g/mol. The van der Waals surface area contributed by atoms with Gasteiger partial charge in [-0.2, -0.15) is 0 Å². The van der Waals surface area contributed by atoms with Crippen molar-refractivity contribution in [3.8, 4) is 22.8 Å². The zero-order valence-corrected chi connectivity index (χ0v) is 10.7. The quantitative estimate of drug-likeness (QED) is 0.801. The molecular formula is C13H12N2O2S. The van der Waals surface area contributed by atoms with E-state index in [1.807, 2.05) is 31.2 Å². The summed E-state index contributed by atoms with van der Waals surface area (Å²) in [7, 11) is 0. The first-order chi connectivity index (χ1) is 8.72. The lowest BCUT2D eigenvalue weighted by atomic mass is 10.1. The van der Waals surface area contributed by atoms with Gasteiger partial charge in [0.2, 0.25) is 0 Å². The molecule has 0 radical (unpaired) electrons. The van der Waals surface area contributed by atoms with Gasteiger partial charge < -0.3 is 14.5 Å². The number of fused-ring (bicyclic) bond motifs is 1. The fourth-order valence-corrected chi connectivity index (χ4v) is 2.19. The summed E-state index contributed by atoms with van der Waals surface area (Å²) in [5.41, 5.74) is 2.80. The first-order valence-corrected chi connectivity index (χ1v) is 6.11. The number of rotatable bonds is 1. The number of aromatic amines is 1. The lowest BCUT2D eigenvalue weighted by molar-refractivity contribution is 0.171. The van der Waals surface area contributed by atoms with E-state index >= 15 is 0 Å². The van der Waals surface area contributed by atoms with E-state index < -0.39 is 0 Å². The third-order valence-corrected chi connectivity index (χ3v) is 2.91. The largest absolute Gasteiger partial charge is 0.486 e. The maximum absolute atomic E-state index is 5.56. The average Bonchev–Trinajstić information content (AvgIpc) is 2.37. The Kier molecular flexibility index (Phi) is 2.76. The molecule has 0 saturated carbocycles. The summed E-state index contributed by atoms with van der Waals surface area (Å²) in [6.45, 7) is 3.14. The summed E-state index contributed by atoms with van der Waals surface area (Å²) < 4.78 is 11.5. The predicted molar refractivity (Wildman–Crippen MR) is 70.6 cm³/mol. The van der Waals surface area contributed by atoms with Crippen LogP contribution in [0, 0.1) is 11.7 Å². The summed E-state index contributed by atoms with van der Waals surface area (Å²) in [5, 5.41) is 0. The number of nitrogens with zero attached hydrogens (tertiary/aromatic N) is 1. The summed E-state index contributed by atoms with van der Waals surface area (Å²) in [4.78, 5) is 7.31. The van der Waals surface area contributed by atoms with Crippen LogP contribution >= 0.6 is 12.2 Å². The SMILES string of the molecule is Cc1cc(-c2ccc3c(c2)OCCO3)nc(=S)[nH]1. The second kappa shape index (κ2) is 4.42. The second-order valence-electron chi connectivity index (χ2n) is 4.11. The lowest BCUT2D eigenvalue weighted by Gasteiger charge is -2.18. The van der Waals surface area contributed by atoms with E-state index in [-0.39, 0.29) is 0 Å². The number of ether oxygens (including phenoxy) is 2. The molecule has 2 aromatic rings. The Morgan fingerprint density at radius 3 is 2.72 bits per heavy atom. The summed E-state index contributed by atoms with van der Waals surface area (Å²) in [6.07, 6.45) is 0. The van der Waals surface area contributed by atoms with Gasteiger partial charge in [0.25, 0.3) is 0 Å². The number of hydrogen-bond donors (Lipinski definition) is 1. The zero-order chi connectivity index (χ0) is 12.5.